The molecule has 2 amide bonds. The Morgan fingerprint density at radius 1 is 1.06 bits per heavy atom. The van der Waals surface area contributed by atoms with E-state index in [1.54, 1.807) is 30.6 Å². The zero-order chi connectivity index (χ0) is 22.9. The highest BCUT2D eigenvalue weighted by molar-refractivity contribution is 6.00. The lowest BCUT2D eigenvalue weighted by Crippen LogP contribution is -2.35. The number of carbonyl (C=O) groups is 2. The molecule has 4 aromatic rings. The normalized spacial score (nSPS) is 13.3. The van der Waals surface area contributed by atoms with Crippen molar-refractivity contribution < 1.29 is 22.8 Å². The van der Waals surface area contributed by atoms with E-state index in [-0.39, 0.29) is 31.3 Å². The number of hydrogen-bond donors (Lipinski definition) is 1. The molecular formula is C25H19F2N3O3. The maximum absolute atomic E-state index is 13.6. The minimum absolute atomic E-state index is 0.0125. The molecule has 0 aliphatic carbocycles. The van der Waals surface area contributed by atoms with E-state index in [1.807, 2.05) is 12.1 Å². The van der Waals surface area contributed by atoms with E-state index in [1.165, 1.54) is 17.0 Å². The second-order valence-electron chi connectivity index (χ2n) is 7.91. The molecule has 1 N–H and O–H groups in total. The molecule has 1 aliphatic rings. The average molecular weight is 447 g/mol. The van der Waals surface area contributed by atoms with Crippen molar-refractivity contribution in [3.8, 4) is 0 Å². The Morgan fingerprint density at radius 2 is 1.88 bits per heavy atom. The van der Waals surface area contributed by atoms with Gasteiger partial charge in [-0.15, -0.1) is 0 Å². The number of aromatic nitrogens is 1. The van der Waals surface area contributed by atoms with E-state index in [0.717, 1.165) is 17.0 Å². The molecule has 2 aromatic heterocycles. The van der Waals surface area contributed by atoms with E-state index in [0.29, 0.717) is 34.6 Å². The van der Waals surface area contributed by atoms with Gasteiger partial charge in [0.25, 0.3) is 5.91 Å². The summed E-state index contributed by atoms with van der Waals surface area (Å²) in [5.41, 5.74) is 2.86. The van der Waals surface area contributed by atoms with Crippen LogP contribution >= 0.6 is 0 Å². The molecular weight excluding hydrogens is 428 g/mol. The second-order valence-corrected chi connectivity index (χ2v) is 7.91. The maximum atomic E-state index is 13.6. The van der Waals surface area contributed by atoms with Crippen LogP contribution in [0.25, 0.3) is 11.0 Å². The van der Waals surface area contributed by atoms with Crippen molar-refractivity contribution in [2.75, 3.05) is 4.90 Å². The number of aryl methyl sites for hydroxylation is 1. The Balaban J connectivity index is 1.36. The van der Waals surface area contributed by atoms with E-state index in [2.05, 4.69) is 10.3 Å². The third kappa shape index (κ3) is 4.32. The quantitative estimate of drug-likeness (QED) is 0.488. The van der Waals surface area contributed by atoms with Gasteiger partial charge in [0.1, 0.15) is 23.0 Å². The number of fused-ring (bicyclic) bond motifs is 2. The molecule has 5 rings (SSSR count). The van der Waals surface area contributed by atoms with Crippen LogP contribution in [0, 0.1) is 11.6 Å². The predicted octanol–water partition coefficient (Wildman–Crippen LogP) is 4.52. The molecule has 0 bridgehead atoms. The predicted molar refractivity (Wildman–Crippen MR) is 117 cm³/mol. The Labute approximate surface area is 187 Å². The fraction of sp³-hybridized carbons (Fsp3) is 0.160. The summed E-state index contributed by atoms with van der Waals surface area (Å²) >= 11 is 0. The molecule has 0 spiro atoms. The van der Waals surface area contributed by atoms with Crippen LogP contribution < -0.4 is 10.2 Å². The van der Waals surface area contributed by atoms with Gasteiger partial charge in [-0.3, -0.25) is 14.6 Å². The van der Waals surface area contributed by atoms with Gasteiger partial charge < -0.3 is 14.6 Å². The van der Waals surface area contributed by atoms with Crippen LogP contribution in [-0.4, -0.2) is 16.8 Å². The molecule has 33 heavy (non-hydrogen) atoms. The van der Waals surface area contributed by atoms with Crippen molar-refractivity contribution in [2.24, 2.45) is 0 Å². The summed E-state index contributed by atoms with van der Waals surface area (Å²) in [6.07, 6.45) is 4.14. The van der Waals surface area contributed by atoms with Gasteiger partial charge >= 0.3 is 0 Å². The highest BCUT2D eigenvalue weighted by Crippen LogP contribution is 2.31. The molecule has 6 nitrogen and oxygen atoms in total. The highest BCUT2D eigenvalue weighted by atomic mass is 19.1. The summed E-state index contributed by atoms with van der Waals surface area (Å²) in [7, 11) is 0. The van der Waals surface area contributed by atoms with Crippen LogP contribution in [0.15, 0.2) is 65.3 Å². The molecule has 0 saturated heterocycles. The number of hydrogen-bond acceptors (Lipinski definition) is 4. The van der Waals surface area contributed by atoms with Crippen molar-refractivity contribution in [1.82, 2.24) is 10.3 Å². The molecule has 0 unspecified atom stereocenters. The van der Waals surface area contributed by atoms with Crippen molar-refractivity contribution in [1.29, 1.82) is 0 Å². The van der Waals surface area contributed by atoms with Crippen LogP contribution in [0.1, 0.15) is 33.7 Å². The lowest BCUT2D eigenvalue weighted by Gasteiger charge is -2.30. The van der Waals surface area contributed by atoms with Gasteiger partial charge in [0.2, 0.25) is 5.91 Å². The van der Waals surface area contributed by atoms with E-state index in [4.69, 9.17) is 4.42 Å². The topological polar surface area (TPSA) is 75.4 Å². The number of halogens is 2. The zero-order valence-electron chi connectivity index (χ0n) is 17.5. The Kier molecular flexibility index (Phi) is 5.34. The fourth-order valence-corrected chi connectivity index (χ4v) is 4.03. The first-order valence-electron chi connectivity index (χ1n) is 10.5. The van der Waals surface area contributed by atoms with Gasteiger partial charge in [-0.2, -0.15) is 0 Å². The molecule has 0 radical (unpaired) electrons. The van der Waals surface area contributed by atoms with E-state index >= 15 is 0 Å². The summed E-state index contributed by atoms with van der Waals surface area (Å²) in [6.45, 7) is 0.203. The number of carbonyl (C=O) groups excluding carboxylic acids is 2. The minimum atomic E-state index is -0.704. The minimum Gasteiger partial charge on any atom is -0.459 e. The lowest BCUT2D eigenvalue weighted by molar-refractivity contribution is -0.119. The largest absolute Gasteiger partial charge is 0.459 e. The number of benzene rings is 2. The van der Waals surface area contributed by atoms with Crippen molar-refractivity contribution in [3.63, 3.8) is 0 Å². The lowest BCUT2D eigenvalue weighted by atomic mass is 9.98. The summed E-state index contributed by atoms with van der Waals surface area (Å²) in [4.78, 5) is 30.9. The molecule has 1 aliphatic heterocycles. The molecule has 0 fully saturated rings. The standard InChI is InChI=1S/C25H19F2N3O3/c26-19-7-15(8-20(27)11-19)14-30-22-10-17(2-1-16(22)3-4-24(30)31)25(32)29-13-21-9-18-12-28-6-5-23(18)33-21/h1-2,5-12H,3-4,13-14H2,(H,29,32). The summed E-state index contributed by atoms with van der Waals surface area (Å²) in [5.74, 6) is -1.31. The number of rotatable bonds is 5. The third-order valence-corrected chi connectivity index (χ3v) is 5.60. The zero-order valence-corrected chi connectivity index (χ0v) is 17.5. The molecule has 166 valence electrons. The molecule has 0 saturated carbocycles. The average Bonchev–Trinajstić information content (AvgIpc) is 3.21. The van der Waals surface area contributed by atoms with Crippen molar-refractivity contribution >= 4 is 28.5 Å². The molecule has 3 heterocycles. The number of pyridine rings is 1. The van der Waals surface area contributed by atoms with Gasteiger partial charge in [-0.1, -0.05) is 6.07 Å². The Bertz CT molecular complexity index is 1330. The van der Waals surface area contributed by atoms with Gasteiger partial charge in [0, 0.05) is 41.5 Å². The van der Waals surface area contributed by atoms with Crippen LogP contribution in [-0.2, 0) is 24.3 Å². The first kappa shape index (κ1) is 20.8. The van der Waals surface area contributed by atoms with Gasteiger partial charge in [-0.05, 0) is 53.9 Å². The van der Waals surface area contributed by atoms with Crippen LogP contribution in [0.4, 0.5) is 14.5 Å². The second kappa shape index (κ2) is 8.46. The summed E-state index contributed by atoms with van der Waals surface area (Å²) in [5, 5.41) is 3.66. The summed E-state index contributed by atoms with van der Waals surface area (Å²) < 4.78 is 33.0. The number of nitrogens with zero attached hydrogens (tertiary/aromatic N) is 2. The van der Waals surface area contributed by atoms with Crippen LogP contribution in [0.3, 0.4) is 0 Å². The van der Waals surface area contributed by atoms with Crippen LogP contribution in [0.2, 0.25) is 0 Å². The summed E-state index contributed by atoms with van der Waals surface area (Å²) in [6, 6.07) is 11.9. The van der Waals surface area contributed by atoms with E-state index in [9.17, 15) is 18.4 Å². The molecule has 2 aromatic carbocycles. The van der Waals surface area contributed by atoms with Crippen molar-refractivity contribution in [3.05, 3.63) is 95.0 Å². The fourth-order valence-electron chi connectivity index (χ4n) is 4.03. The highest BCUT2D eigenvalue weighted by Gasteiger charge is 2.25. The molecule has 8 heteroatoms. The van der Waals surface area contributed by atoms with Crippen molar-refractivity contribution in [2.45, 2.75) is 25.9 Å². The smallest absolute Gasteiger partial charge is 0.251 e. The first-order valence-corrected chi connectivity index (χ1v) is 10.5. The first-order chi connectivity index (χ1) is 16.0. The molecule has 0 atom stereocenters. The van der Waals surface area contributed by atoms with Gasteiger partial charge in [0.05, 0.1) is 13.1 Å². The monoisotopic (exact) mass is 447 g/mol. The number of anilines is 1. The van der Waals surface area contributed by atoms with E-state index < -0.39 is 11.6 Å². The number of amides is 2. The third-order valence-electron chi connectivity index (χ3n) is 5.60. The van der Waals surface area contributed by atoms with Gasteiger partial charge in [-0.25, -0.2) is 8.78 Å². The SMILES string of the molecule is O=C(NCc1cc2cnccc2o1)c1ccc2c(c1)N(Cc1cc(F)cc(F)c1)C(=O)CC2. The Hall–Kier alpha value is -4.07. The van der Waals surface area contributed by atoms with Gasteiger partial charge in [0.15, 0.2) is 0 Å². The number of furan rings is 1. The number of nitrogens with one attached hydrogen (secondary N) is 1. The van der Waals surface area contributed by atoms with Crippen LogP contribution in [0.5, 0.6) is 0 Å². The Morgan fingerprint density at radius 3 is 2.67 bits per heavy atom. The maximum Gasteiger partial charge on any atom is 0.251 e.